The van der Waals surface area contributed by atoms with Crippen LogP contribution in [0.5, 0.6) is 11.5 Å². The molecule has 5 aromatic carbocycles. The van der Waals surface area contributed by atoms with E-state index < -0.39 is 29.4 Å². The van der Waals surface area contributed by atoms with Crippen molar-refractivity contribution in [2.45, 2.75) is 11.7 Å². The number of amides is 4. The number of hydrogen-bond donors (Lipinski definition) is 0. The Morgan fingerprint density at radius 1 is 0.458 bits per heavy atom. The average Bonchev–Trinajstić information content (AvgIpc) is 3.53. The Balaban J connectivity index is 1.12. The summed E-state index contributed by atoms with van der Waals surface area (Å²) >= 11 is 0. The van der Waals surface area contributed by atoms with Gasteiger partial charge in [0.15, 0.2) is 0 Å². The van der Waals surface area contributed by atoms with Crippen LogP contribution in [0.3, 0.4) is 0 Å². The number of benzene rings is 5. The topological polar surface area (TPSA) is 93.2 Å². The summed E-state index contributed by atoms with van der Waals surface area (Å²) in [7, 11) is 0. The van der Waals surface area contributed by atoms with Crippen molar-refractivity contribution in [3.8, 4) is 11.5 Å². The molecule has 0 bridgehead atoms. The molecule has 0 spiro atoms. The van der Waals surface area contributed by atoms with Crippen molar-refractivity contribution < 1.29 is 28.7 Å². The molecule has 2 aliphatic heterocycles. The van der Waals surface area contributed by atoms with E-state index in [0.717, 1.165) is 15.4 Å². The lowest BCUT2D eigenvalue weighted by Crippen LogP contribution is -2.40. The number of imide groups is 2. The van der Waals surface area contributed by atoms with Crippen molar-refractivity contribution >= 4 is 35.0 Å². The summed E-state index contributed by atoms with van der Waals surface area (Å²) in [6, 6.07) is 36.8. The van der Waals surface area contributed by atoms with Gasteiger partial charge in [0.1, 0.15) is 11.5 Å². The Morgan fingerprint density at radius 2 is 0.854 bits per heavy atom. The second kappa shape index (κ2) is 11.4. The fourth-order valence-corrected chi connectivity index (χ4v) is 6.24. The van der Waals surface area contributed by atoms with Crippen molar-refractivity contribution in [1.29, 1.82) is 0 Å². The van der Waals surface area contributed by atoms with Gasteiger partial charge >= 0.3 is 0 Å². The monoisotopic (exact) mass is 630 g/mol. The van der Waals surface area contributed by atoms with Crippen LogP contribution < -0.4 is 19.3 Å². The quantitative estimate of drug-likeness (QED) is 0.106. The molecular weight excluding hydrogens is 604 g/mol. The van der Waals surface area contributed by atoms with Gasteiger partial charge in [-0.05, 0) is 54.1 Å². The van der Waals surface area contributed by atoms with Crippen LogP contribution in [0.25, 0.3) is 0 Å². The van der Waals surface area contributed by atoms with Crippen molar-refractivity contribution in [3.63, 3.8) is 0 Å². The number of rotatable bonds is 7. The third kappa shape index (κ3) is 4.87. The van der Waals surface area contributed by atoms with Crippen LogP contribution in [0.4, 0.5) is 11.4 Å². The third-order valence-electron chi connectivity index (χ3n) is 8.55. The van der Waals surface area contributed by atoms with Crippen LogP contribution in [0.2, 0.25) is 0 Å². The Hall–Kier alpha value is -6.54. The minimum absolute atomic E-state index is 0.0408. The summed E-state index contributed by atoms with van der Waals surface area (Å²) in [4.78, 5) is 55.1. The van der Waals surface area contributed by atoms with Crippen LogP contribution in [0.15, 0.2) is 152 Å². The number of hydrogen-bond acceptors (Lipinski definition) is 6. The number of ether oxygens (including phenoxy) is 2. The van der Waals surface area contributed by atoms with Gasteiger partial charge in [-0.2, -0.15) is 0 Å². The number of carbonyl (C=O) groups excluding carboxylic acids is 4. The molecule has 1 aliphatic carbocycles. The predicted octanol–water partition coefficient (Wildman–Crippen LogP) is 7.35. The van der Waals surface area contributed by atoms with Gasteiger partial charge in [-0.25, -0.2) is 9.80 Å². The number of allylic oxidation sites excluding steroid dienone is 2. The van der Waals surface area contributed by atoms with Crippen molar-refractivity contribution in [3.05, 3.63) is 180 Å². The van der Waals surface area contributed by atoms with E-state index in [2.05, 4.69) is 0 Å². The maximum atomic E-state index is 13.2. The van der Waals surface area contributed by atoms with Crippen LogP contribution in [0, 0.1) is 0 Å². The van der Waals surface area contributed by atoms with Gasteiger partial charge in [-0.15, -0.1) is 0 Å². The lowest BCUT2D eigenvalue weighted by molar-refractivity contribution is -0.0290. The standard InChI is InChI=1S/C40H26N2O6/c43-36-32-16-4-5-17-33(32)37(44)41(36)28-12-8-14-30(24-28)47-40(22-20-27(21-23-40)26-10-2-1-3-11-26)48-31-15-9-13-29(25-31)42-38(45)34-18-6-7-19-35(34)39(42)46/h1-25,27H. The largest absolute Gasteiger partial charge is 0.445 e. The molecular formula is C40H26N2O6. The molecule has 0 fully saturated rings. The van der Waals surface area contributed by atoms with Crippen LogP contribution in [-0.4, -0.2) is 29.4 Å². The van der Waals surface area contributed by atoms with E-state index in [-0.39, 0.29) is 5.92 Å². The van der Waals surface area contributed by atoms with Gasteiger partial charge in [0, 0.05) is 30.2 Å². The summed E-state index contributed by atoms with van der Waals surface area (Å²) in [6.45, 7) is 0. The minimum Gasteiger partial charge on any atom is -0.445 e. The van der Waals surface area contributed by atoms with E-state index in [9.17, 15) is 19.2 Å². The molecule has 0 N–H and O–H groups in total. The van der Waals surface area contributed by atoms with Gasteiger partial charge in [-0.3, -0.25) is 19.2 Å². The Kier molecular flexibility index (Phi) is 6.84. The summed E-state index contributed by atoms with van der Waals surface area (Å²) < 4.78 is 13.1. The van der Waals surface area contributed by atoms with Gasteiger partial charge in [-0.1, -0.05) is 78.9 Å². The summed E-state index contributed by atoms with van der Waals surface area (Å²) in [5.74, 6) is -2.47. The highest BCUT2D eigenvalue weighted by Crippen LogP contribution is 2.37. The maximum Gasteiger partial charge on any atom is 0.291 e. The van der Waals surface area contributed by atoms with Gasteiger partial charge in [0.25, 0.3) is 29.4 Å². The highest BCUT2D eigenvalue weighted by molar-refractivity contribution is 6.35. The zero-order valence-corrected chi connectivity index (χ0v) is 25.4. The first-order valence-corrected chi connectivity index (χ1v) is 15.4. The number of fused-ring (bicyclic) bond motifs is 2. The second-order valence-electron chi connectivity index (χ2n) is 11.6. The molecule has 232 valence electrons. The molecule has 0 atom stereocenters. The van der Waals surface area contributed by atoms with Crippen molar-refractivity contribution in [1.82, 2.24) is 0 Å². The number of nitrogens with zero attached hydrogens (tertiary/aromatic N) is 2. The number of anilines is 2. The first-order valence-electron chi connectivity index (χ1n) is 15.4. The minimum atomic E-state index is -1.47. The molecule has 8 rings (SSSR count). The lowest BCUT2D eigenvalue weighted by atomic mass is 9.93. The van der Waals surface area contributed by atoms with Crippen molar-refractivity contribution in [2.75, 3.05) is 9.80 Å². The smallest absolute Gasteiger partial charge is 0.291 e. The van der Waals surface area contributed by atoms with E-state index in [1.54, 1.807) is 109 Å². The summed E-state index contributed by atoms with van der Waals surface area (Å²) in [5, 5.41) is 0. The van der Waals surface area contributed by atoms with E-state index >= 15 is 0 Å². The molecule has 0 radical (unpaired) electrons. The SMILES string of the molecule is O=C1c2ccccc2C(=O)N1c1cccc(OC2(Oc3cccc(N4C(=O)c5ccccc5C4=O)c3)C=CC(c3ccccc3)C=C2)c1. The first-order chi connectivity index (χ1) is 23.4. The summed E-state index contributed by atoms with van der Waals surface area (Å²) in [6.07, 6.45) is 7.54. The van der Waals surface area contributed by atoms with E-state index in [4.69, 9.17) is 9.47 Å². The molecule has 0 saturated heterocycles. The molecule has 3 aliphatic rings. The van der Waals surface area contributed by atoms with E-state index in [1.807, 2.05) is 42.5 Å². The van der Waals surface area contributed by atoms with E-state index in [1.165, 1.54) is 0 Å². The fraction of sp³-hybridized carbons (Fsp3) is 0.0500. The maximum absolute atomic E-state index is 13.2. The van der Waals surface area contributed by atoms with E-state index in [0.29, 0.717) is 45.1 Å². The van der Waals surface area contributed by atoms with Crippen LogP contribution in [-0.2, 0) is 0 Å². The molecule has 0 unspecified atom stereocenters. The van der Waals surface area contributed by atoms with Crippen LogP contribution in [0.1, 0.15) is 52.9 Å². The van der Waals surface area contributed by atoms with Gasteiger partial charge in [0.2, 0.25) is 0 Å². The van der Waals surface area contributed by atoms with Crippen molar-refractivity contribution in [2.24, 2.45) is 0 Å². The zero-order chi connectivity index (χ0) is 32.8. The molecule has 0 aromatic heterocycles. The first kappa shape index (κ1) is 28.9. The molecule has 5 aromatic rings. The zero-order valence-electron chi connectivity index (χ0n) is 25.4. The molecule has 2 heterocycles. The highest BCUT2D eigenvalue weighted by Gasteiger charge is 2.39. The fourth-order valence-electron chi connectivity index (χ4n) is 6.24. The molecule has 8 nitrogen and oxygen atoms in total. The molecule has 8 heteroatoms. The predicted molar refractivity (Wildman–Crippen MR) is 179 cm³/mol. The average molecular weight is 631 g/mol. The normalized spacial score (nSPS) is 16.3. The highest BCUT2D eigenvalue weighted by atomic mass is 16.7. The molecule has 4 amide bonds. The Bertz CT molecular complexity index is 2000. The Morgan fingerprint density at radius 3 is 1.27 bits per heavy atom. The third-order valence-corrected chi connectivity index (χ3v) is 8.55. The second-order valence-corrected chi connectivity index (χ2v) is 11.6. The Labute approximate surface area is 275 Å². The molecule has 0 saturated carbocycles. The summed E-state index contributed by atoms with van der Waals surface area (Å²) in [5.41, 5.74) is 3.17. The lowest BCUT2D eigenvalue weighted by Gasteiger charge is -2.33. The van der Waals surface area contributed by atoms with Gasteiger partial charge < -0.3 is 9.47 Å². The number of carbonyl (C=O) groups is 4. The van der Waals surface area contributed by atoms with Gasteiger partial charge in [0.05, 0.1) is 33.6 Å². The molecule has 48 heavy (non-hydrogen) atoms. The van der Waals surface area contributed by atoms with Crippen LogP contribution >= 0.6 is 0 Å².